The molecule has 9 heteroatoms. The Kier molecular flexibility index (Phi) is 5.21. The van der Waals surface area contributed by atoms with E-state index in [4.69, 9.17) is 11.6 Å². The Morgan fingerprint density at radius 1 is 0.906 bits per heavy atom. The highest BCUT2D eigenvalue weighted by Crippen LogP contribution is 2.35. The van der Waals surface area contributed by atoms with Gasteiger partial charge in [-0.05, 0) is 36.4 Å². The maximum Gasteiger partial charge on any atom is 0.333 e. The van der Waals surface area contributed by atoms with Crippen LogP contribution in [0, 0.1) is 11.3 Å². The lowest BCUT2D eigenvalue weighted by atomic mass is 10.2. The number of benzene rings is 2. The molecule has 0 aliphatic carbocycles. The Labute approximate surface area is 192 Å². The predicted octanol–water partition coefficient (Wildman–Crippen LogP) is 3.59. The molecule has 7 nitrogen and oxygen atoms in total. The van der Waals surface area contributed by atoms with E-state index < -0.39 is 11.2 Å². The summed E-state index contributed by atoms with van der Waals surface area (Å²) < 4.78 is 1.43. The third-order valence-corrected chi connectivity index (χ3v) is 7.10. The summed E-state index contributed by atoms with van der Waals surface area (Å²) in [6, 6.07) is 18.9. The van der Waals surface area contributed by atoms with E-state index in [9.17, 15) is 14.9 Å². The number of piperazine rings is 1. The number of aromatic amines is 1. The smallest absolute Gasteiger partial charge is 0.333 e. The van der Waals surface area contributed by atoms with Crippen LogP contribution in [0.2, 0.25) is 5.02 Å². The second kappa shape index (κ2) is 8.19. The minimum Gasteiger partial charge on any atom is -0.368 e. The number of hydrogen-bond donors (Lipinski definition) is 1. The van der Waals surface area contributed by atoms with Crippen molar-refractivity contribution in [2.75, 3.05) is 36.0 Å². The number of halogens is 1. The summed E-state index contributed by atoms with van der Waals surface area (Å²) in [7, 11) is 0. The van der Waals surface area contributed by atoms with Gasteiger partial charge in [-0.15, -0.1) is 11.3 Å². The second-order valence-corrected chi connectivity index (χ2v) is 8.89. The average Bonchev–Trinajstić information content (AvgIpc) is 3.19. The molecule has 1 saturated heterocycles. The Bertz CT molecular complexity index is 1440. The maximum absolute atomic E-state index is 13.2. The van der Waals surface area contributed by atoms with Crippen molar-refractivity contribution in [1.29, 1.82) is 5.26 Å². The van der Waals surface area contributed by atoms with E-state index in [1.807, 2.05) is 18.2 Å². The van der Waals surface area contributed by atoms with Crippen LogP contribution in [-0.4, -0.2) is 35.7 Å². The number of nitriles is 1. The standard InChI is InChI=1S/C23H18ClN5O2S/c24-15-6-8-17(9-7-15)29-21(30)20-19(26-23(29)31)18(14-25)22(32-20)28-12-10-27(11-13-28)16-4-2-1-3-5-16/h1-9H,10-13H2,(H,26,31). The van der Waals surface area contributed by atoms with E-state index >= 15 is 0 Å². The van der Waals surface area contributed by atoms with Crippen LogP contribution in [-0.2, 0) is 0 Å². The van der Waals surface area contributed by atoms with E-state index in [2.05, 4.69) is 33.0 Å². The van der Waals surface area contributed by atoms with E-state index in [0.29, 0.717) is 39.6 Å². The highest BCUT2D eigenvalue weighted by Gasteiger charge is 2.25. The van der Waals surface area contributed by atoms with Crippen molar-refractivity contribution < 1.29 is 0 Å². The highest BCUT2D eigenvalue weighted by atomic mass is 35.5. The third-order valence-electron chi connectivity index (χ3n) is 5.61. The number of hydrogen-bond acceptors (Lipinski definition) is 6. The lowest BCUT2D eigenvalue weighted by molar-refractivity contribution is 0.657. The molecular formula is C23H18ClN5O2S. The Morgan fingerprint density at radius 3 is 2.22 bits per heavy atom. The van der Waals surface area contributed by atoms with Gasteiger partial charge in [0.05, 0.1) is 11.2 Å². The molecule has 160 valence electrons. The molecular weight excluding hydrogens is 446 g/mol. The van der Waals surface area contributed by atoms with Gasteiger partial charge in [-0.2, -0.15) is 5.26 Å². The van der Waals surface area contributed by atoms with Gasteiger partial charge in [0.25, 0.3) is 5.56 Å². The van der Waals surface area contributed by atoms with Gasteiger partial charge >= 0.3 is 5.69 Å². The molecule has 0 atom stereocenters. The van der Waals surface area contributed by atoms with Crippen LogP contribution >= 0.6 is 22.9 Å². The van der Waals surface area contributed by atoms with Crippen molar-refractivity contribution in [1.82, 2.24) is 9.55 Å². The Balaban J connectivity index is 1.53. The number of nitrogens with one attached hydrogen (secondary N) is 1. The van der Waals surface area contributed by atoms with E-state index in [1.54, 1.807) is 24.3 Å². The molecule has 0 amide bonds. The zero-order valence-electron chi connectivity index (χ0n) is 16.9. The molecule has 0 bridgehead atoms. The van der Waals surface area contributed by atoms with Crippen molar-refractivity contribution in [2.45, 2.75) is 0 Å². The molecule has 1 fully saturated rings. The fourth-order valence-corrected chi connectivity index (χ4v) is 5.32. The summed E-state index contributed by atoms with van der Waals surface area (Å²) in [4.78, 5) is 33.1. The van der Waals surface area contributed by atoms with E-state index in [1.165, 1.54) is 17.0 Å². The SMILES string of the molecule is N#Cc1c(N2CCN(c3ccccc3)CC2)sc2c(=O)n(-c3ccc(Cl)cc3)c(=O)[nH]c12. The molecule has 0 unspecified atom stereocenters. The van der Waals surface area contributed by atoms with Gasteiger partial charge < -0.3 is 14.8 Å². The summed E-state index contributed by atoms with van der Waals surface area (Å²) in [5.41, 5.74) is 1.21. The first kappa shape index (κ1) is 20.4. The molecule has 2 aromatic carbocycles. The van der Waals surface area contributed by atoms with E-state index in [0.717, 1.165) is 22.7 Å². The third kappa shape index (κ3) is 3.45. The molecule has 4 aromatic rings. The fraction of sp³-hybridized carbons (Fsp3) is 0.174. The van der Waals surface area contributed by atoms with Gasteiger partial charge in [0.1, 0.15) is 21.3 Å². The molecule has 2 aromatic heterocycles. The monoisotopic (exact) mass is 463 g/mol. The van der Waals surface area contributed by atoms with Gasteiger partial charge in [0, 0.05) is 36.9 Å². The van der Waals surface area contributed by atoms with Crippen LogP contribution in [0.25, 0.3) is 15.9 Å². The van der Waals surface area contributed by atoms with Crippen molar-refractivity contribution >= 4 is 43.8 Å². The maximum atomic E-state index is 13.2. The van der Waals surface area contributed by atoms with Crippen molar-refractivity contribution in [3.05, 3.63) is 86.0 Å². The molecule has 5 rings (SSSR count). The number of fused-ring (bicyclic) bond motifs is 1. The predicted molar refractivity (Wildman–Crippen MR) is 129 cm³/mol. The molecule has 1 aliphatic heterocycles. The number of rotatable bonds is 3. The van der Waals surface area contributed by atoms with Gasteiger partial charge in [-0.3, -0.25) is 4.79 Å². The Hall–Kier alpha value is -3.54. The van der Waals surface area contributed by atoms with E-state index in [-0.39, 0.29) is 0 Å². The van der Waals surface area contributed by atoms with Crippen molar-refractivity contribution in [3.63, 3.8) is 0 Å². The van der Waals surface area contributed by atoms with Gasteiger partial charge in [-0.1, -0.05) is 29.8 Å². The lowest BCUT2D eigenvalue weighted by Crippen LogP contribution is -2.46. The van der Waals surface area contributed by atoms with Crippen LogP contribution in [0.5, 0.6) is 0 Å². The first-order valence-corrected chi connectivity index (χ1v) is 11.3. The fourth-order valence-electron chi connectivity index (χ4n) is 4.00. The zero-order valence-corrected chi connectivity index (χ0v) is 18.5. The Morgan fingerprint density at radius 2 is 1.56 bits per heavy atom. The summed E-state index contributed by atoms with van der Waals surface area (Å²) in [5.74, 6) is 0. The van der Waals surface area contributed by atoms with Gasteiger partial charge in [-0.25, -0.2) is 9.36 Å². The number of aromatic nitrogens is 2. The van der Waals surface area contributed by atoms with Crippen LogP contribution in [0.1, 0.15) is 5.56 Å². The minimum atomic E-state index is -0.584. The molecule has 0 spiro atoms. The molecule has 0 radical (unpaired) electrons. The number of thiophene rings is 1. The first-order valence-electron chi connectivity index (χ1n) is 10.1. The summed E-state index contributed by atoms with van der Waals surface area (Å²) in [6.45, 7) is 3.03. The lowest BCUT2D eigenvalue weighted by Gasteiger charge is -2.36. The number of H-pyrrole nitrogens is 1. The van der Waals surface area contributed by atoms with Crippen LogP contribution < -0.4 is 21.0 Å². The summed E-state index contributed by atoms with van der Waals surface area (Å²) in [6.07, 6.45) is 0. The first-order chi connectivity index (χ1) is 15.6. The van der Waals surface area contributed by atoms with Crippen LogP contribution in [0.4, 0.5) is 10.7 Å². The molecule has 1 aliphatic rings. The van der Waals surface area contributed by atoms with Crippen molar-refractivity contribution in [3.8, 4) is 11.8 Å². The quantitative estimate of drug-likeness (QED) is 0.502. The summed E-state index contributed by atoms with van der Waals surface area (Å²) >= 11 is 7.19. The molecule has 1 N–H and O–H groups in total. The molecule has 0 saturated carbocycles. The van der Waals surface area contributed by atoms with Crippen LogP contribution in [0.15, 0.2) is 64.2 Å². The second-order valence-electron chi connectivity index (χ2n) is 7.45. The number of anilines is 2. The van der Waals surface area contributed by atoms with Gasteiger partial charge in [0.2, 0.25) is 0 Å². The van der Waals surface area contributed by atoms with Crippen LogP contribution in [0.3, 0.4) is 0 Å². The highest BCUT2D eigenvalue weighted by molar-refractivity contribution is 7.23. The molecule has 32 heavy (non-hydrogen) atoms. The van der Waals surface area contributed by atoms with Crippen molar-refractivity contribution in [2.24, 2.45) is 0 Å². The summed E-state index contributed by atoms with van der Waals surface area (Å²) in [5, 5.41) is 11.1. The normalized spacial score (nSPS) is 14.0. The topological polar surface area (TPSA) is 85.1 Å². The average molecular weight is 464 g/mol. The molecule has 3 heterocycles. The zero-order chi connectivity index (χ0) is 22.2. The van der Waals surface area contributed by atoms with Gasteiger partial charge in [0.15, 0.2) is 0 Å². The minimum absolute atomic E-state index is 0.304. The largest absolute Gasteiger partial charge is 0.368 e. The number of para-hydroxylation sites is 1. The number of nitrogens with zero attached hydrogens (tertiary/aromatic N) is 4.